The van der Waals surface area contributed by atoms with Crippen LogP contribution >= 0.6 is 0 Å². The van der Waals surface area contributed by atoms with Crippen molar-refractivity contribution in [3.05, 3.63) is 0 Å². The van der Waals surface area contributed by atoms with Crippen molar-refractivity contribution in [2.45, 2.75) is 13.8 Å². The van der Waals surface area contributed by atoms with E-state index in [-0.39, 0.29) is 5.41 Å². The molecule has 1 heteroatoms. The molecule has 1 nitrogen and oxygen atoms in total. The topological polar surface area (TPSA) is 9.23 Å². The lowest BCUT2D eigenvalue weighted by Crippen LogP contribution is -2.45. The van der Waals surface area contributed by atoms with Gasteiger partial charge in [-0.05, 0) is 5.92 Å². The number of rotatable bonds is 1. The fourth-order valence-corrected chi connectivity index (χ4v) is 0.905. The first-order valence-corrected chi connectivity index (χ1v) is 3.27. The van der Waals surface area contributed by atoms with Gasteiger partial charge >= 0.3 is 0 Å². The van der Waals surface area contributed by atoms with Crippen molar-refractivity contribution in [3.8, 4) is 12.3 Å². The Kier molecular flexibility index (Phi) is 1.50. The molecule has 0 aliphatic carbocycles. The Bertz CT molecular complexity index is 137. The van der Waals surface area contributed by atoms with E-state index in [9.17, 15) is 0 Å². The Morgan fingerprint density at radius 1 is 1.56 bits per heavy atom. The molecule has 0 aromatic rings. The van der Waals surface area contributed by atoms with Gasteiger partial charge in [-0.15, -0.1) is 6.42 Å². The van der Waals surface area contributed by atoms with E-state index < -0.39 is 0 Å². The van der Waals surface area contributed by atoms with E-state index in [4.69, 9.17) is 11.2 Å². The van der Waals surface area contributed by atoms with Gasteiger partial charge in [0.1, 0.15) is 0 Å². The van der Waals surface area contributed by atoms with Gasteiger partial charge in [-0.2, -0.15) is 0 Å². The standard InChI is InChI=1S/C8H12O/c1-4-8(7(2)3)5-9-6-8/h1,7H,5-6H2,2-3H3. The second-order valence-electron chi connectivity index (χ2n) is 2.95. The fraction of sp³-hybridized carbons (Fsp3) is 0.750. The second kappa shape index (κ2) is 2.04. The molecule has 0 aromatic carbocycles. The van der Waals surface area contributed by atoms with Crippen molar-refractivity contribution in [3.63, 3.8) is 0 Å². The highest BCUT2D eigenvalue weighted by Gasteiger charge is 2.39. The van der Waals surface area contributed by atoms with Crippen LogP contribution < -0.4 is 0 Å². The van der Waals surface area contributed by atoms with Crippen LogP contribution in [0.25, 0.3) is 0 Å². The van der Waals surface area contributed by atoms with Crippen LogP contribution in [-0.4, -0.2) is 13.2 Å². The SMILES string of the molecule is C#CC1(C(C)C)COC1. The molecule has 1 aliphatic heterocycles. The third-order valence-electron chi connectivity index (χ3n) is 2.11. The van der Waals surface area contributed by atoms with E-state index in [0.717, 1.165) is 13.2 Å². The van der Waals surface area contributed by atoms with E-state index in [1.54, 1.807) is 0 Å². The maximum absolute atomic E-state index is 5.34. The van der Waals surface area contributed by atoms with Crippen LogP contribution in [0.5, 0.6) is 0 Å². The zero-order chi connectivity index (χ0) is 6.91. The molecule has 0 atom stereocenters. The van der Waals surface area contributed by atoms with Crippen LogP contribution in [0.4, 0.5) is 0 Å². The molecule has 0 aromatic heterocycles. The molecule has 0 N–H and O–H groups in total. The predicted octanol–water partition coefficient (Wildman–Crippen LogP) is 1.29. The van der Waals surface area contributed by atoms with Crippen molar-refractivity contribution < 1.29 is 4.74 Å². The predicted molar refractivity (Wildman–Crippen MR) is 36.9 cm³/mol. The summed E-state index contributed by atoms with van der Waals surface area (Å²) in [5.74, 6) is 3.34. The molecule has 0 amide bonds. The van der Waals surface area contributed by atoms with Crippen molar-refractivity contribution in [2.75, 3.05) is 13.2 Å². The molecule has 0 bridgehead atoms. The van der Waals surface area contributed by atoms with Gasteiger partial charge < -0.3 is 4.74 Å². The quantitative estimate of drug-likeness (QED) is 0.479. The van der Waals surface area contributed by atoms with Gasteiger partial charge in [0.05, 0.1) is 18.6 Å². The van der Waals surface area contributed by atoms with Crippen LogP contribution in [-0.2, 0) is 4.74 Å². The molecule has 1 heterocycles. The smallest absolute Gasteiger partial charge is 0.0800 e. The van der Waals surface area contributed by atoms with Gasteiger partial charge in [-0.25, -0.2) is 0 Å². The van der Waals surface area contributed by atoms with E-state index in [2.05, 4.69) is 19.8 Å². The highest BCUT2D eigenvalue weighted by molar-refractivity contribution is 5.11. The lowest BCUT2D eigenvalue weighted by atomic mass is 9.76. The van der Waals surface area contributed by atoms with Gasteiger partial charge in [0.2, 0.25) is 0 Å². The van der Waals surface area contributed by atoms with E-state index >= 15 is 0 Å². The summed E-state index contributed by atoms with van der Waals surface area (Å²) in [5.41, 5.74) is 0.0694. The van der Waals surface area contributed by atoms with E-state index in [0.29, 0.717) is 5.92 Å². The number of ether oxygens (including phenoxy) is 1. The number of terminal acetylenes is 1. The summed E-state index contributed by atoms with van der Waals surface area (Å²) in [4.78, 5) is 0. The average Bonchev–Trinajstić information content (AvgIpc) is 1.62. The van der Waals surface area contributed by atoms with E-state index in [1.807, 2.05) is 0 Å². The van der Waals surface area contributed by atoms with Gasteiger partial charge in [0, 0.05) is 0 Å². The summed E-state index contributed by atoms with van der Waals surface area (Å²) in [5, 5.41) is 0. The largest absolute Gasteiger partial charge is 0.378 e. The summed E-state index contributed by atoms with van der Waals surface area (Å²) < 4.78 is 5.05. The zero-order valence-electron chi connectivity index (χ0n) is 5.98. The molecule has 0 unspecified atom stereocenters. The Morgan fingerprint density at radius 3 is 2.11 bits per heavy atom. The van der Waals surface area contributed by atoms with E-state index in [1.165, 1.54) is 0 Å². The van der Waals surface area contributed by atoms with Crippen LogP contribution in [0.3, 0.4) is 0 Å². The zero-order valence-corrected chi connectivity index (χ0v) is 5.98. The molecule has 0 spiro atoms. The molecular weight excluding hydrogens is 112 g/mol. The Labute approximate surface area is 56.4 Å². The number of hydrogen-bond acceptors (Lipinski definition) is 1. The van der Waals surface area contributed by atoms with Crippen LogP contribution in [0.2, 0.25) is 0 Å². The van der Waals surface area contributed by atoms with Crippen molar-refractivity contribution in [1.29, 1.82) is 0 Å². The van der Waals surface area contributed by atoms with Gasteiger partial charge in [-0.1, -0.05) is 19.8 Å². The lowest BCUT2D eigenvalue weighted by Gasteiger charge is -2.40. The highest BCUT2D eigenvalue weighted by Crippen LogP contribution is 2.34. The fourth-order valence-electron chi connectivity index (χ4n) is 0.905. The summed E-state index contributed by atoms with van der Waals surface area (Å²) in [6, 6.07) is 0. The first-order valence-electron chi connectivity index (χ1n) is 3.27. The highest BCUT2D eigenvalue weighted by atomic mass is 16.5. The summed E-state index contributed by atoms with van der Waals surface area (Å²) >= 11 is 0. The molecule has 1 saturated heterocycles. The van der Waals surface area contributed by atoms with Crippen molar-refractivity contribution in [1.82, 2.24) is 0 Å². The summed E-state index contributed by atoms with van der Waals surface area (Å²) in [6.45, 7) is 5.78. The molecule has 9 heavy (non-hydrogen) atoms. The first-order chi connectivity index (χ1) is 4.21. The number of hydrogen-bond donors (Lipinski definition) is 0. The third kappa shape index (κ3) is 0.840. The molecule has 0 saturated carbocycles. The summed E-state index contributed by atoms with van der Waals surface area (Å²) in [7, 11) is 0. The Balaban J connectivity index is 2.60. The minimum atomic E-state index is 0.0694. The van der Waals surface area contributed by atoms with Crippen LogP contribution in [0.15, 0.2) is 0 Å². The van der Waals surface area contributed by atoms with Crippen LogP contribution in [0.1, 0.15) is 13.8 Å². The average molecular weight is 124 g/mol. The van der Waals surface area contributed by atoms with Crippen molar-refractivity contribution >= 4 is 0 Å². The molecule has 50 valence electrons. The summed E-state index contributed by atoms with van der Waals surface area (Å²) in [6.07, 6.45) is 5.34. The molecule has 1 aliphatic rings. The molecular formula is C8H12O. The van der Waals surface area contributed by atoms with Crippen LogP contribution in [0, 0.1) is 23.7 Å². The molecule has 0 radical (unpaired) electrons. The van der Waals surface area contributed by atoms with Gasteiger partial charge in [0.25, 0.3) is 0 Å². The minimum Gasteiger partial charge on any atom is -0.378 e. The first kappa shape index (κ1) is 6.64. The minimum absolute atomic E-state index is 0.0694. The Morgan fingerprint density at radius 2 is 2.11 bits per heavy atom. The van der Waals surface area contributed by atoms with Gasteiger partial charge in [0.15, 0.2) is 0 Å². The normalized spacial score (nSPS) is 22.9. The third-order valence-corrected chi connectivity index (χ3v) is 2.11. The Hall–Kier alpha value is -0.480. The molecule has 1 fully saturated rings. The maximum Gasteiger partial charge on any atom is 0.0800 e. The second-order valence-corrected chi connectivity index (χ2v) is 2.95. The maximum atomic E-state index is 5.34. The van der Waals surface area contributed by atoms with Gasteiger partial charge in [-0.3, -0.25) is 0 Å². The monoisotopic (exact) mass is 124 g/mol. The molecule has 1 rings (SSSR count). The lowest BCUT2D eigenvalue weighted by molar-refractivity contribution is -0.100. The van der Waals surface area contributed by atoms with Crippen molar-refractivity contribution in [2.24, 2.45) is 11.3 Å².